The molecule has 4 aromatic rings. The van der Waals surface area contributed by atoms with Gasteiger partial charge in [0.05, 0.1) is 38.3 Å². The van der Waals surface area contributed by atoms with Crippen molar-refractivity contribution in [3.63, 3.8) is 0 Å². The minimum atomic E-state index is -1.06. The van der Waals surface area contributed by atoms with Crippen molar-refractivity contribution in [2.24, 2.45) is 5.41 Å². The number of nitrogens with one attached hydrogen (secondary N) is 2. The monoisotopic (exact) mass is 656 g/mol. The van der Waals surface area contributed by atoms with E-state index in [1.165, 1.54) is 6.07 Å². The van der Waals surface area contributed by atoms with Crippen molar-refractivity contribution < 1.29 is 28.9 Å². The van der Waals surface area contributed by atoms with Crippen LogP contribution < -0.4 is 20.3 Å². The molecular formula is C34H37FN8O5. The minimum Gasteiger partial charge on any atom is -0.508 e. The molecule has 8 rings (SSSR count). The van der Waals surface area contributed by atoms with Crippen LogP contribution in [0.5, 0.6) is 11.6 Å². The minimum absolute atomic E-state index is 0.0204. The highest BCUT2D eigenvalue weighted by atomic mass is 19.1. The summed E-state index contributed by atoms with van der Waals surface area (Å²) in [6.07, 6.45) is 9.70. The molecule has 2 aromatic carbocycles. The molecule has 14 heteroatoms. The number of carbonyl (C=O) groups excluding carboxylic acids is 1. The molecule has 3 saturated heterocycles. The number of urea groups is 1. The summed E-state index contributed by atoms with van der Waals surface area (Å²) < 4.78 is 28.7. The van der Waals surface area contributed by atoms with Gasteiger partial charge in [-0.2, -0.15) is 9.97 Å². The number of aliphatic hydroxyl groups excluding tert-OH is 1. The maximum atomic E-state index is 14.8. The van der Waals surface area contributed by atoms with Gasteiger partial charge in [-0.25, -0.2) is 14.2 Å². The largest absolute Gasteiger partial charge is 0.508 e. The van der Waals surface area contributed by atoms with Gasteiger partial charge in [-0.1, -0.05) is 12.0 Å². The highest BCUT2D eigenvalue weighted by Gasteiger charge is 2.49. The third kappa shape index (κ3) is 5.51. The van der Waals surface area contributed by atoms with Crippen LogP contribution in [0.1, 0.15) is 36.8 Å². The highest BCUT2D eigenvalue weighted by Crippen LogP contribution is 2.47. The Balaban J connectivity index is 1.17. The third-order valence-corrected chi connectivity index (χ3v) is 10.1. The van der Waals surface area contributed by atoms with Gasteiger partial charge in [0, 0.05) is 43.5 Å². The van der Waals surface area contributed by atoms with Crippen LogP contribution in [0.4, 0.5) is 15.1 Å². The average molecular weight is 657 g/mol. The van der Waals surface area contributed by atoms with Crippen molar-refractivity contribution in [2.45, 2.75) is 44.0 Å². The van der Waals surface area contributed by atoms with E-state index in [2.05, 4.69) is 26.4 Å². The van der Waals surface area contributed by atoms with Crippen LogP contribution in [0.15, 0.2) is 30.6 Å². The quantitative estimate of drug-likeness (QED) is 0.208. The van der Waals surface area contributed by atoms with E-state index in [0.717, 1.165) is 45.7 Å². The zero-order valence-electron chi connectivity index (χ0n) is 26.4. The maximum Gasteiger partial charge on any atom is 0.317 e. The Bertz CT molecular complexity index is 1950. The number of benzene rings is 2. The van der Waals surface area contributed by atoms with Gasteiger partial charge in [-0.15, -0.1) is 6.42 Å². The van der Waals surface area contributed by atoms with Crippen LogP contribution in [-0.2, 0) is 11.3 Å². The van der Waals surface area contributed by atoms with Crippen LogP contribution >= 0.6 is 0 Å². The highest BCUT2D eigenvalue weighted by molar-refractivity contribution is 5.92. The normalized spacial score (nSPS) is 23.7. The number of carbonyl (C=O) groups is 1. The number of rotatable bonds is 8. The van der Waals surface area contributed by atoms with Crippen molar-refractivity contribution in [1.82, 2.24) is 35.1 Å². The fraction of sp³-hybridized carbons (Fsp3) is 0.471. The molecule has 2 aromatic heterocycles. The molecular weight excluding hydrogens is 619 g/mol. The molecule has 48 heavy (non-hydrogen) atoms. The fourth-order valence-electron chi connectivity index (χ4n) is 7.38. The summed E-state index contributed by atoms with van der Waals surface area (Å²) in [6, 6.07) is 5.60. The Hall–Kier alpha value is -4.71. The Labute approximate surface area is 276 Å². The number of amides is 2. The first-order valence-corrected chi connectivity index (χ1v) is 16.3. The number of halogens is 1. The number of imidazole rings is 1. The molecule has 4 N–H and O–H groups in total. The molecule has 3 aliphatic heterocycles. The average Bonchev–Trinajstić information content (AvgIpc) is 3.63. The third-order valence-electron chi connectivity index (χ3n) is 10.1. The summed E-state index contributed by atoms with van der Waals surface area (Å²) in [6.45, 7) is 5.72. The number of piperidine rings is 1. The van der Waals surface area contributed by atoms with Gasteiger partial charge in [0.1, 0.15) is 17.1 Å². The van der Waals surface area contributed by atoms with E-state index in [1.54, 1.807) is 29.1 Å². The van der Waals surface area contributed by atoms with E-state index in [9.17, 15) is 19.4 Å². The van der Waals surface area contributed by atoms with Gasteiger partial charge in [0.25, 0.3) is 0 Å². The number of aromatic nitrogens is 4. The number of hydrogen-bond acceptors (Lipinski definition) is 10. The van der Waals surface area contributed by atoms with E-state index in [0.29, 0.717) is 65.3 Å². The summed E-state index contributed by atoms with van der Waals surface area (Å²) in [7, 11) is 0. The fourth-order valence-corrected chi connectivity index (χ4v) is 7.38. The second-order valence-electron chi connectivity index (χ2n) is 13.5. The van der Waals surface area contributed by atoms with Gasteiger partial charge >= 0.3 is 6.03 Å². The number of aliphatic hydroxyl groups is 1. The number of hydrogen-bond donors (Lipinski definition) is 4. The van der Waals surface area contributed by atoms with Gasteiger partial charge in [-0.3, -0.25) is 4.90 Å². The lowest BCUT2D eigenvalue weighted by molar-refractivity contribution is 0.0234. The standard InChI is InChI=1S/C34H37FN8O5/c1-2-24-25(35)5-4-21-14-23(44)15-22(26(21)24)16-43-20-36-27-28(43)37-31(42-9-3-6-34(18-42)30(45)39-32(46)40-34)38-29(27)48-19-33(7-8-33)17-41-10-12-47-13-11-41/h1,4-5,14-15,20,30,44-45H,3,6-13,16-19H2,(H2,39,40,46)/t30?,34-/m0/s1. The molecule has 1 aliphatic carbocycles. The Morgan fingerprint density at radius 2 is 2.00 bits per heavy atom. The Kier molecular flexibility index (Phi) is 7.50. The topological polar surface area (TPSA) is 150 Å². The molecule has 0 bridgehead atoms. The number of anilines is 1. The lowest BCUT2D eigenvalue weighted by Crippen LogP contribution is -2.60. The van der Waals surface area contributed by atoms with E-state index < -0.39 is 23.6 Å². The van der Waals surface area contributed by atoms with E-state index in [-0.39, 0.29) is 29.8 Å². The van der Waals surface area contributed by atoms with Crippen molar-refractivity contribution in [3.05, 3.63) is 47.5 Å². The molecule has 13 nitrogen and oxygen atoms in total. The molecule has 4 fully saturated rings. The summed E-state index contributed by atoms with van der Waals surface area (Å²) >= 11 is 0. The van der Waals surface area contributed by atoms with Crippen molar-refractivity contribution >= 4 is 33.9 Å². The zero-order chi connectivity index (χ0) is 33.0. The first kappa shape index (κ1) is 30.6. The Morgan fingerprint density at radius 3 is 2.75 bits per heavy atom. The molecule has 2 atom stereocenters. The molecule has 2 amide bonds. The van der Waals surface area contributed by atoms with Crippen molar-refractivity contribution in [1.29, 1.82) is 0 Å². The number of aromatic hydroxyl groups is 1. The molecule has 250 valence electrons. The molecule has 0 radical (unpaired) electrons. The van der Waals surface area contributed by atoms with Crippen LogP contribution in [0.2, 0.25) is 0 Å². The number of phenols is 1. The van der Waals surface area contributed by atoms with Gasteiger partial charge in [0.2, 0.25) is 11.8 Å². The second-order valence-corrected chi connectivity index (χ2v) is 13.5. The SMILES string of the molecule is C#Cc1c(F)ccc2cc(O)cc(Cn3cnc4c(OCC5(CN6CCOCC6)CC5)nc(N5CCC[C@@]6(C5)NC(=O)NC6O)nc43)c12. The van der Waals surface area contributed by atoms with Crippen molar-refractivity contribution in [2.75, 3.05) is 57.4 Å². The predicted molar refractivity (Wildman–Crippen MR) is 174 cm³/mol. The van der Waals surface area contributed by atoms with Crippen LogP contribution in [0.3, 0.4) is 0 Å². The second kappa shape index (κ2) is 11.8. The maximum absolute atomic E-state index is 14.8. The molecule has 1 spiro atoms. The number of terminal acetylenes is 1. The molecule has 4 aliphatic rings. The number of ether oxygens (including phenoxy) is 2. The van der Waals surface area contributed by atoms with Gasteiger partial charge in [0.15, 0.2) is 17.4 Å². The predicted octanol–water partition coefficient (Wildman–Crippen LogP) is 2.32. The first-order valence-electron chi connectivity index (χ1n) is 16.3. The Morgan fingerprint density at radius 1 is 1.17 bits per heavy atom. The van der Waals surface area contributed by atoms with Gasteiger partial charge in [-0.05, 0) is 54.8 Å². The van der Waals surface area contributed by atoms with Gasteiger partial charge < -0.3 is 39.8 Å². The lowest BCUT2D eigenvalue weighted by Gasteiger charge is -2.41. The summed E-state index contributed by atoms with van der Waals surface area (Å²) in [5.41, 5.74) is 0.800. The van der Waals surface area contributed by atoms with E-state index >= 15 is 0 Å². The summed E-state index contributed by atoms with van der Waals surface area (Å²) in [5, 5.41) is 27.9. The van der Waals surface area contributed by atoms with E-state index in [4.69, 9.17) is 25.9 Å². The number of morpholine rings is 1. The molecule has 5 heterocycles. The van der Waals surface area contributed by atoms with E-state index in [1.807, 2.05) is 4.90 Å². The number of nitrogens with zero attached hydrogens (tertiary/aromatic N) is 6. The lowest BCUT2D eigenvalue weighted by atomic mass is 9.88. The molecule has 1 unspecified atom stereocenters. The first-order chi connectivity index (χ1) is 23.2. The van der Waals surface area contributed by atoms with Crippen LogP contribution in [0.25, 0.3) is 21.9 Å². The number of phenolic OH excluding ortho intramolecular Hbond substituents is 1. The molecule has 1 saturated carbocycles. The number of fused-ring (bicyclic) bond motifs is 2. The zero-order valence-corrected chi connectivity index (χ0v) is 26.4. The smallest absolute Gasteiger partial charge is 0.317 e. The van der Waals surface area contributed by atoms with Crippen LogP contribution in [-0.4, -0.2) is 105 Å². The van der Waals surface area contributed by atoms with Crippen LogP contribution in [0, 0.1) is 23.6 Å². The van der Waals surface area contributed by atoms with Crippen molar-refractivity contribution in [3.8, 4) is 24.0 Å². The summed E-state index contributed by atoms with van der Waals surface area (Å²) in [5.74, 6) is 2.69. The summed E-state index contributed by atoms with van der Waals surface area (Å²) in [4.78, 5) is 31.0.